The number of hydrogen-bond acceptors (Lipinski definition) is 5. The van der Waals surface area contributed by atoms with Crippen molar-refractivity contribution in [1.29, 1.82) is 0 Å². The van der Waals surface area contributed by atoms with Crippen LogP contribution >= 0.6 is 0 Å². The summed E-state index contributed by atoms with van der Waals surface area (Å²) in [5, 5.41) is 0. The zero-order valence-electron chi connectivity index (χ0n) is 12.7. The number of benzene rings is 1. The van der Waals surface area contributed by atoms with Crippen LogP contribution in [0.15, 0.2) is 42.5 Å². The molecule has 1 saturated heterocycles. The maximum absolute atomic E-state index is 5.90. The molecule has 0 radical (unpaired) electrons. The molecular weight excluding hydrogens is 292 g/mol. The van der Waals surface area contributed by atoms with Crippen LogP contribution in [-0.2, 0) is 16.1 Å². The van der Waals surface area contributed by atoms with E-state index in [1.807, 2.05) is 36.4 Å². The molecule has 1 aliphatic rings. The topological polar surface area (TPSA) is 66.6 Å². The van der Waals surface area contributed by atoms with Crippen molar-refractivity contribution in [2.24, 2.45) is 5.73 Å². The first-order valence-electron chi connectivity index (χ1n) is 7.46. The van der Waals surface area contributed by atoms with Gasteiger partial charge in [-0.2, -0.15) is 0 Å². The Morgan fingerprint density at radius 2 is 1.91 bits per heavy atom. The van der Waals surface area contributed by atoms with Crippen molar-refractivity contribution in [1.82, 2.24) is 4.98 Å². The maximum atomic E-state index is 5.90. The summed E-state index contributed by atoms with van der Waals surface area (Å²) >= 11 is 0. The van der Waals surface area contributed by atoms with Crippen LogP contribution < -0.4 is 10.5 Å². The minimum atomic E-state index is -0.514. The summed E-state index contributed by atoms with van der Waals surface area (Å²) in [6.07, 6.45) is -0.514. The van der Waals surface area contributed by atoms with E-state index in [2.05, 4.69) is 16.8 Å². The fraction of sp³-hybridized carbons (Fsp3) is 0.278. The molecule has 0 unspecified atom stereocenters. The second kappa shape index (κ2) is 7.75. The Bertz CT molecular complexity index is 701. The van der Waals surface area contributed by atoms with Crippen LogP contribution in [0.2, 0.25) is 0 Å². The fourth-order valence-corrected chi connectivity index (χ4v) is 2.22. The zero-order chi connectivity index (χ0) is 15.9. The van der Waals surface area contributed by atoms with Gasteiger partial charge in [0.25, 0.3) is 0 Å². The van der Waals surface area contributed by atoms with Gasteiger partial charge in [0.05, 0.1) is 19.8 Å². The number of hydrogen-bond donors (Lipinski definition) is 1. The van der Waals surface area contributed by atoms with Crippen LogP contribution in [0.3, 0.4) is 0 Å². The van der Waals surface area contributed by atoms with Crippen LogP contribution in [0.4, 0.5) is 0 Å². The summed E-state index contributed by atoms with van der Waals surface area (Å²) in [5.41, 5.74) is 7.72. The van der Waals surface area contributed by atoms with E-state index in [0.29, 0.717) is 43.5 Å². The average molecular weight is 310 g/mol. The highest BCUT2D eigenvalue weighted by Crippen LogP contribution is 2.30. The molecule has 1 aromatic heterocycles. The van der Waals surface area contributed by atoms with Gasteiger partial charge in [-0.25, -0.2) is 4.98 Å². The lowest BCUT2D eigenvalue weighted by Crippen LogP contribution is -2.07. The third kappa shape index (κ3) is 4.08. The summed E-state index contributed by atoms with van der Waals surface area (Å²) in [6.45, 7) is 1.84. The van der Waals surface area contributed by atoms with E-state index >= 15 is 0 Å². The molecule has 3 rings (SSSR count). The maximum Gasteiger partial charge on any atom is 0.205 e. The van der Waals surface area contributed by atoms with Crippen LogP contribution in [0, 0.1) is 11.8 Å². The highest BCUT2D eigenvalue weighted by molar-refractivity contribution is 5.37. The quantitative estimate of drug-likeness (QED) is 0.875. The average Bonchev–Trinajstić information content (AvgIpc) is 3.14. The van der Waals surface area contributed by atoms with Crippen LogP contribution in [0.5, 0.6) is 5.75 Å². The van der Waals surface area contributed by atoms with Crippen LogP contribution in [0.25, 0.3) is 0 Å². The van der Waals surface area contributed by atoms with Crippen molar-refractivity contribution in [2.45, 2.75) is 12.9 Å². The predicted molar refractivity (Wildman–Crippen MR) is 85.6 cm³/mol. The number of ether oxygens (including phenoxy) is 3. The Kier molecular flexibility index (Phi) is 5.22. The highest BCUT2D eigenvalue weighted by atomic mass is 16.7. The van der Waals surface area contributed by atoms with Crippen molar-refractivity contribution in [3.8, 4) is 17.6 Å². The molecule has 2 N–H and O–H groups in total. The smallest absolute Gasteiger partial charge is 0.205 e. The van der Waals surface area contributed by atoms with Gasteiger partial charge in [-0.05, 0) is 23.6 Å². The summed E-state index contributed by atoms with van der Waals surface area (Å²) in [4.78, 5) is 4.50. The number of pyridine rings is 1. The summed E-state index contributed by atoms with van der Waals surface area (Å²) < 4.78 is 17.0. The molecule has 1 aromatic carbocycles. The third-order valence-corrected chi connectivity index (χ3v) is 3.29. The Morgan fingerprint density at radius 1 is 1.13 bits per heavy atom. The van der Waals surface area contributed by atoms with Crippen molar-refractivity contribution in [2.75, 3.05) is 19.8 Å². The van der Waals surface area contributed by atoms with E-state index in [0.717, 1.165) is 5.56 Å². The number of nitrogens with two attached hydrogens (primary N) is 1. The zero-order valence-corrected chi connectivity index (χ0v) is 12.7. The summed E-state index contributed by atoms with van der Waals surface area (Å²) in [6, 6.07) is 13.6. The molecule has 2 heterocycles. The fourth-order valence-electron chi connectivity index (χ4n) is 2.22. The van der Waals surface area contributed by atoms with E-state index < -0.39 is 6.29 Å². The van der Waals surface area contributed by atoms with Gasteiger partial charge in [0.1, 0.15) is 23.7 Å². The largest absolute Gasteiger partial charge is 0.487 e. The first-order chi connectivity index (χ1) is 11.4. The molecule has 2 aromatic rings. The second-order valence-corrected chi connectivity index (χ2v) is 4.93. The molecule has 0 spiro atoms. The predicted octanol–water partition coefficient (Wildman–Crippen LogP) is 2.02. The first kappa shape index (κ1) is 15.5. The lowest BCUT2D eigenvalue weighted by Gasteiger charge is -2.15. The van der Waals surface area contributed by atoms with Gasteiger partial charge in [-0.1, -0.05) is 36.3 Å². The molecule has 23 heavy (non-hydrogen) atoms. The molecule has 0 saturated carbocycles. The van der Waals surface area contributed by atoms with Crippen molar-refractivity contribution >= 4 is 0 Å². The van der Waals surface area contributed by atoms with Crippen LogP contribution in [-0.4, -0.2) is 24.7 Å². The molecule has 118 valence electrons. The molecule has 0 atom stereocenters. The van der Waals surface area contributed by atoms with Gasteiger partial charge in [0, 0.05) is 0 Å². The molecule has 1 aliphatic heterocycles. The van der Waals surface area contributed by atoms with Crippen molar-refractivity contribution in [3.63, 3.8) is 0 Å². The summed E-state index contributed by atoms with van der Waals surface area (Å²) in [5.74, 6) is 6.35. The number of aromatic nitrogens is 1. The monoisotopic (exact) mass is 310 g/mol. The molecular formula is C18H18N2O3. The third-order valence-electron chi connectivity index (χ3n) is 3.29. The van der Waals surface area contributed by atoms with E-state index in [-0.39, 0.29) is 0 Å². The minimum Gasteiger partial charge on any atom is -0.487 e. The van der Waals surface area contributed by atoms with E-state index in [1.54, 1.807) is 6.07 Å². The molecule has 0 bridgehead atoms. The van der Waals surface area contributed by atoms with Gasteiger partial charge in [-0.15, -0.1) is 0 Å². The molecule has 0 aliphatic carbocycles. The van der Waals surface area contributed by atoms with Crippen LogP contribution in [0.1, 0.15) is 23.2 Å². The lowest BCUT2D eigenvalue weighted by atomic mass is 10.2. The van der Waals surface area contributed by atoms with Crippen molar-refractivity contribution < 1.29 is 14.2 Å². The molecule has 0 amide bonds. The highest BCUT2D eigenvalue weighted by Gasteiger charge is 2.24. The van der Waals surface area contributed by atoms with Crippen molar-refractivity contribution in [3.05, 3.63) is 59.4 Å². The Hall–Kier alpha value is -2.39. The Balaban J connectivity index is 1.82. The number of nitrogens with zero attached hydrogens (tertiary/aromatic N) is 1. The van der Waals surface area contributed by atoms with Gasteiger partial charge in [-0.3, -0.25) is 0 Å². The standard InChI is InChI=1S/C18H18N2O3/c19-10-4-7-15-8-9-16(17(20-15)18-21-11-12-22-18)23-13-14-5-2-1-3-6-14/h1-3,5-6,8-9,18H,10-13,19H2. The SMILES string of the molecule is NCC#Cc1ccc(OCc2ccccc2)c(C2OCCO2)n1. The number of rotatable bonds is 4. The van der Waals surface area contributed by atoms with E-state index in [9.17, 15) is 0 Å². The van der Waals surface area contributed by atoms with Gasteiger partial charge < -0.3 is 19.9 Å². The summed E-state index contributed by atoms with van der Waals surface area (Å²) in [7, 11) is 0. The van der Waals surface area contributed by atoms with Gasteiger partial charge in [0.2, 0.25) is 6.29 Å². The van der Waals surface area contributed by atoms with E-state index in [1.165, 1.54) is 0 Å². The first-order valence-corrected chi connectivity index (χ1v) is 7.46. The minimum absolute atomic E-state index is 0.291. The van der Waals surface area contributed by atoms with E-state index in [4.69, 9.17) is 19.9 Å². The lowest BCUT2D eigenvalue weighted by molar-refractivity contribution is -0.0492. The Morgan fingerprint density at radius 3 is 2.65 bits per heavy atom. The Labute approximate surface area is 135 Å². The molecule has 1 fully saturated rings. The van der Waals surface area contributed by atoms with Gasteiger partial charge >= 0.3 is 0 Å². The van der Waals surface area contributed by atoms with Gasteiger partial charge in [0.15, 0.2) is 0 Å². The second-order valence-electron chi connectivity index (χ2n) is 4.93. The normalized spacial score (nSPS) is 14.3. The molecule has 5 heteroatoms. The molecule has 5 nitrogen and oxygen atoms in total.